The van der Waals surface area contributed by atoms with Crippen molar-refractivity contribution in [2.75, 3.05) is 6.54 Å². The molecular formula is C15H25N. The first-order valence-corrected chi connectivity index (χ1v) is 6.46. The Labute approximate surface area is 100 Å². The van der Waals surface area contributed by atoms with Gasteiger partial charge in [-0.05, 0) is 56.3 Å². The van der Waals surface area contributed by atoms with E-state index < -0.39 is 0 Å². The highest BCUT2D eigenvalue weighted by molar-refractivity contribution is 5.29. The van der Waals surface area contributed by atoms with Crippen LogP contribution in [0, 0.1) is 13.8 Å². The Morgan fingerprint density at radius 1 is 1.12 bits per heavy atom. The molecule has 1 nitrogen and oxygen atoms in total. The maximum Gasteiger partial charge on any atom is 0.00674 e. The molecule has 0 saturated heterocycles. The van der Waals surface area contributed by atoms with Crippen LogP contribution in [0.3, 0.4) is 0 Å². The van der Waals surface area contributed by atoms with Gasteiger partial charge in [0.2, 0.25) is 0 Å². The lowest BCUT2D eigenvalue weighted by molar-refractivity contribution is 0.481. The van der Waals surface area contributed by atoms with Gasteiger partial charge in [-0.1, -0.05) is 32.0 Å². The average Bonchev–Trinajstić information content (AvgIpc) is 2.28. The molecule has 0 aliphatic carbocycles. The van der Waals surface area contributed by atoms with Crippen LogP contribution < -0.4 is 5.32 Å². The fourth-order valence-corrected chi connectivity index (χ4v) is 2.04. The summed E-state index contributed by atoms with van der Waals surface area (Å²) in [6, 6.07) is 7.50. The highest BCUT2D eigenvalue weighted by Crippen LogP contribution is 2.13. The van der Waals surface area contributed by atoms with Gasteiger partial charge >= 0.3 is 0 Å². The van der Waals surface area contributed by atoms with Crippen LogP contribution >= 0.6 is 0 Å². The van der Waals surface area contributed by atoms with Crippen molar-refractivity contribution in [1.82, 2.24) is 5.32 Å². The third-order valence-corrected chi connectivity index (χ3v) is 3.34. The summed E-state index contributed by atoms with van der Waals surface area (Å²) in [5.74, 6) is 0. The fraction of sp³-hybridized carbons (Fsp3) is 0.600. The Kier molecular flexibility index (Phi) is 5.54. The van der Waals surface area contributed by atoms with Crippen molar-refractivity contribution in [2.24, 2.45) is 0 Å². The van der Waals surface area contributed by atoms with Crippen molar-refractivity contribution in [2.45, 2.75) is 53.0 Å². The van der Waals surface area contributed by atoms with Crippen LogP contribution in [0.2, 0.25) is 0 Å². The molecule has 0 amide bonds. The minimum Gasteiger partial charge on any atom is -0.314 e. The van der Waals surface area contributed by atoms with E-state index in [4.69, 9.17) is 0 Å². The van der Waals surface area contributed by atoms with E-state index >= 15 is 0 Å². The van der Waals surface area contributed by atoms with Crippen molar-refractivity contribution < 1.29 is 0 Å². The van der Waals surface area contributed by atoms with Crippen molar-refractivity contribution >= 4 is 0 Å². The van der Waals surface area contributed by atoms with Crippen molar-refractivity contribution in [3.63, 3.8) is 0 Å². The van der Waals surface area contributed by atoms with E-state index in [1.165, 1.54) is 36.0 Å². The van der Waals surface area contributed by atoms with E-state index in [0.29, 0.717) is 6.04 Å². The fourth-order valence-electron chi connectivity index (χ4n) is 2.04. The molecule has 1 N–H and O–H groups in total. The molecule has 0 radical (unpaired) electrons. The van der Waals surface area contributed by atoms with E-state index in [1.54, 1.807) is 0 Å². The van der Waals surface area contributed by atoms with Crippen LogP contribution in [0.5, 0.6) is 0 Å². The van der Waals surface area contributed by atoms with Gasteiger partial charge in [-0.25, -0.2) is 0 Å². The molecule has 1 rings (SSSR count). The number of aryl methyl sites for hydroxylation is 3. The van der Waals surface area contributed by atoms with E-state index in [9.17, 15) is 0 Å². The van der Waals surface area contributed by atoms with Crippen LogP contribution in [0.1, 0.15) is 43.4 Å². The highest BCUT2D eigenvalue weighted by atomic mass is 14.9. The molecule has 0 bridgehead atoms. The second-order valence-electron chi connectivity index (χ2n) is 4.62. The third kappa shape index (κ3) is 3.97. The minimum absolute atomic E-state index is 0.673. The van der Waals surface area contributed by atoms with E-state index in [1.807, 2.05) is 0 Å². The molecule has 90 valence electrons. The van der Waals surface area contributed by atoms with Gasteiger partial charge in [0.1, 0.15) is 0 Å². The lowest BCUT2D eigenvalue weighted by Crippen LogP contribution is -2.28. The van der Waals surface area contributed by atoms with Crippen molar-refractivity contribution in [3.8, 4) is 0 Å². The lowest BCUT2D eigenvalue weighted by Gasteiger charge is -2.15. The zero-order chi connectivity index (χ0) is 12.0. The van der Waals surface area contributed by atoms with Crippen molar-refractivity contribution in [1.29, 1.82) is 0 Å². The minimum atomic E-state index is 0.673. The molecule has 0 aliphatic heterocycles. The summed E-state index contributed by atoms with van der Waals surface area (Å²) >= 11 is 0. The second kappa shape index (κ2) is 6.70. The number of hydrogen-bond acceptors (Lipinski definition) is 1. The molecular weight excluding hydrogens is 194 g/mol. The summed E-state index contributed by atoms with van der Waals surface area (Å²) in [5, 5.41) is 3.53. The van der Waals surface area contributed by atoms with Crippen LogP contribution in [0.15, 0.2) is 18.2 Å². The molecule has 0 heterocycles. The summed E-state index contributed by atoms with van der Waals surface area (Å²) in [6.07, 6.45) is 3.65. The number of rotatable bonds is 6. The summed E-state index contributed by atoms with van der Waals surface area (Å²) in [6.45, 7) is 9.88. The Bertz CT molecular complexity index is 317. The second-order valence-corrected chi connectivity index (χ2v) is 4.62. The Morgan fingerprint density at radius 2 is 1.88 bits per heavy atom. The Balaban J connectivity index is 2.50. The van der Waals surface area contributed by atoms with E-state index in [0.717, 1.165) is 6.54 Å². The summed E-state index contributed by atoms with van der Waals surface area (Å²) < 4.78 is 0. The van der Waals surface area contributed by atoms with Gasteiger partial charge in [0.15, 0.2) is 0 Å². The van der Waals surface area contributed by atoms with Crippen LogP contribution in [0.4, 0.5) is 0 Å². The number of hydrogen-bond donors (Lipinski definition) is 1. The van der Waals surface area contributed by atoms with Crippen LogP contribution in [-0.4, -0.2) is 12.6 Å². The average molecular weight is 219 g/mol. The molecule has 1 atom stereocenters. The number of benzene rings is 1. The molecule has 0 spiro atoms. The first-order valence-electron chi connectivity index (χ1n) is 6.46. The smallest absolute Gasteiger partial charge is 0.00674 e. The van der Waals surface area contributed by atoms with Gasteiger partial charge in [0, 0.05) is 6.04 Å². The molecule has 0 fully saturated rings. The summed E-state index contributed by atoms with van der Waals surface area (Å²) in [7, 11) is 0. The molecule has 1 aromatic carbocycles. The summed E-state index contributed by atoms with van der Waals surface area (Å²) in [4.78, 5) is 0. The normalized spacial score (nSPS) is 12.8. The number of nitrogens with one attached hydrogen (secondary N) is 1. The SMILES string of the molecule is CCNC(CC)CCc1ccc(C)c(C)c1. The zero-order valence-corrected chi connectivity index (χ0v) is 11.1. The topological polar surface area (TPSA) is 12.0 Å². The Hall–Kier alpha value is -0.820. The van der Waals surface area contributed by atoms with Crippen molar-refractivity contribution in [3.05, 3.63) is 34.9 Å². The molecule has 1 unspecified atom stereocenters. The molecule has 0 saturated carbocycles. The van der Waals surface area contributed by atoms with E-state index in [2.05, 4.69) is 51.2 Å². The molecule has 16 heavy (non-hydrogen) atoms. The monoisotopic (exact) mass is 219 g/mol. The quantitative estimate of drug-likeness (QED) is 0.770. The molecule has 1 aromatic rings. The van der Waals surface area contributed by atoms with Gasteiger partial charge in [0.25, 0.3) is 0 Å². The van der Waals surface area contributed by atoms with Crippen LogP contribution in [-0.2, 0) is 6.42 Å². The predicted octanol–water partition coefficient (Wildman–Crippen LogP) is 3.62. The molecule has 0 aliphatic rings. The van der Waals surface area contributed by atoms with E-state index in [-0.39, 0.29) is 0 Å². The molecule has 0 aromatic heterocycles. The van der Waals surface area contributed by atoms with Crippen LogP contribution in [0.25, 0.3) is 0 Å². The van der Waals surface area contributed by atoms with Gasteiger partial charge < -0.3 is 5.32 Å². The maximum absolute atomic E-state index is 3.53. The zero-order valence-electron chi connectivity index (χ0n) is 11.1. The first kappa shape index (κ1) is 13.2. The Morgan fingerprint density at radius 3 is 2.44 bits per heavy atom. The highest BCUT2D eigenvalue weighted by Gasteiger charge is 2.04. The van der Waals surface area contributed by atoms with Gasteiger partial charge in [-0.3, -0.25) is 0 Å². The first-order chi connectivity index (χ1) is 7.67. The standard InChI is InChI=1S/C15H25N/c1-5-15(16-6-2)10-9-14-8-7-12(3)13(4)11-14/h7-8,11,15-16H,5-6,9-10H2,1-4H3. The maximum atomic E-state index is 3.53. The third-order valence-electron chi connectivity index (χ3n) is 3.34. The van der Waals surface area contributed by atoms with Gasteiger partial charge in [-0.2, -0.15) is 0 Å². The summed E-state index contributed by atoms with van der Waals surface area (Å²) in [5.41, 5.74) is 4.27. The van der Waals surface area contributed by atoms with Gasteiger partial charge in [-0.15, -0.1) is 0 Å². The van der Waals surface area contributed by atoms with Gasteiger partial charge in [0.05, 0.1) is 0 Å². The molecule has 1 heteroatoms. The predicted molar refractivity (Wildman–Crippen MR) is 72.0 cm³/mol. The largest absolute Gasteiger partial charge is 0.314 e. The lowest BCUT2D eigenvalue weighted by atomic mass is 10.00.